The third kappa shape index (κ3) is 2.80. The van der Waals surface area contributed by atoms with Gasteiger partial charge in [-0.15, -0.1) is 0 Å². The van der Waals surface area contributed by atoms with Gasteiger partial charge in [0, 0.05) is 17.4 Å². The molecule has 0 bridgehead atoms. The first-order valence-electron chi connectivity index (χ1n) is 8.04. The van der Waals surface area contributed by atoms with E-state index >= 15 is 0 Å². The van der Waals surface area contributed by atoms with Crippen LogP contribution in [0.25, 0.3) is 10.9 Å². The van der Waals surface area contributed by atoms with Crippen molar-refractivity contribution >= 4 is 22.7 Å². The highest BCUT2D eigenvalue weighted by Crippen LogP contribution is 2.37. The van der Waals surface area contributed by atoms with Crippen LogP contribution in [0.3, 0.4) is 0 Å². The second-order valence-electron chi connectivity index (χ2n) is 5.92. The first-order valence-corrected chi connectivity index (χ1v) is 9.02. The monoisotopic (exact) mass is 338 g/mol. The summed E-state index contributed by atoms with van der Waals surface area (Å²) >= 11 is 1.60. The number of fused-ring (bicyclic) bond motifs is 1. The number of hydrogen-bond donors (Lipinski definition) is 0. The van der Waals surface area contributed by atoms with Crippen LogP contribution in [0.2, 0.25) is 0 Å². The number of nitrogens with zero attached hydrogens (tertiary/aromatic N) is 2. The van der Waals surface area contributed by atoms with Crippen molar-refractivity contribution in [3.63, 3.8) is 0 Å². The third-order valence-electron chi connectivity index (χ3n) is 4.24. The average molecular weight is 338 g/mol. The Hall–Kier alpha value is -2.27. The minimum atomic E-state index is 0.0747. The lowest BCUT2D eigenvalue weighted by atomic mass is 10.2. The lowest BCUT2D eigenvalue weighted by molar-refractivity contribution is 0.411. The quantitative estimate of drug-likeness (QED) is 0.520. The molecule has 1 heterocycles. The fraction of sp³-hybridized carbons (Fsp3) is 0.263. The van der Waals surface area contributed by atoms with E-state index in [2.05, 4.69) is 0 Å². The number of thioether (sulfide) groups is 1. The Morgan fingerprint density at radius 2 is 1.92 bits per heavy atom. The zero-order valence-corrected chi connectivity index (χ0v) is 14.3. The second-order valence-corrected chi connectivity index (χ2v) is 6.86. The normalized spacial score (nSPS) is 14.0. The summed E-state index contributed by atoms with van der Waals surface area (Å²) in [5.74, 6) is 1.59. The van der Waals surface area contributed by atoms with Gasteiger partial charge in [0.1, 0.15) is 5.75 Å². The molecule has 1 aromatic heterocycles. The van der Waals surface area contributed by atoms with Gasteiger partial charge in [0.05, 0.1) is 18.0 Å². The highest BCUT2D eigenvalue weighted by molar-refractivity contribution is 7.98. The van der Waals surface area contributed by atoms with Crippen LogP contribution < -0.4 is 10.3 Å². The zero-order chi connectivity index (χ0) is 16.5. The highest BCUT2D eigenvalue weighted by atomic mass is 32.2. The second kappa shape index (κ2) is 6.32. The summed E-state index contributed by atoms with van der Waals surface area (Å²) in [4.78, 5) is 17.6. The SMILES string of the molecule is COc1ccccc1CSc1nc2ccccc2c(=O)n1C1CC1. The van der Waals surface area contributed by atoms with E-state index in [4.69, 9.17) is 9.72 Å². The molecular formula is C19H18N2O2S. The first-order chi connectivity index (χ1) is 11.8. The molecular weight excluding hydrogens is 320 g/mol. The molecule has 1 aliphatic carbocycles. The van der Waals surface area contributed by atoms with Gasteiger partial charge in [0.2, 0.25) is 0 Å². The number of methoxy groups -OCH3 is 1. The maximum absolute atomic E-state index is 12.9. The highest BCUT2D eigenvalue weighted by Gasteiger charge is 2.28. The van der Waals surface area contributed by atoms with Crippen LogP contribution in [0.5, 0.6) is 5.75 Å². The predicted molar refractivity (Wildman–Crippen MR) is 96.8 cm³/mol. The summed E-state index contributed by atoms with van der Waals surface area (Å²) in [5.41, 5.74) is 1.95. The average Bonchev–Trinajstić information content (AvgIpc) is 3.45. The van der Waals surface area contributed by atoms with Crippen LogP contribution in [0, 0.1) is 0 Å². The fourth-order valence-corrected chi connectivity index (χ4v) is 3.90. The topological polar surface area (TPSA) is 44.1 Å². The van der Waals surface area contributed by atoms with E-state index in [1.54, 1.807) is 18.9 Å². The molecule has 0 amide bonds. The van der Waals surface area contributed by atoms with Crippen LogP contribution in [-0.4, -0.2) is 16.7 Å². The van der Waals surface area contributed by atoms with E-state index in [-0.39, 0.29) is 5.56 Å². The minimum absolute atomic E-state index is 0.0747. The van der Waals surface area contributed by atoms with Crippen molar-refractivity contribution in [2.75, 3.05) is 7.11 Å². The Kier molecular flexibility index (Phi) is 4.02. The molecule has 5 heteroatoms. The van der Waals surface area contributed by atoms with E-state index in [0.29, 0.717) is 11.4 Å². The fourth-order valence-electron chi connectivity index (χ4n) is 2.85. The van der Waals surface area contributed by atoms with Crippen LogP contribution >= 0.6 is 11.8 Å². The van der Waals surface area contributed by atoms with Gasteiger partial charge in [-0.05, 0) is 31.0 Å². The molecule has 4 rings (SSSR count). The summed E-state index contributed by atoms with van der Waals surface area (Å²) in [6.07, 6.45) is 2.12. The maximum atomic E-state index is 12.9. The Balaban J connectivity index is 1.73. The van der Waals surface area contributed by atoms with E-state index < -0.39 is 0 Å². The van der Waals surface area contributed by atoms with Crippen molar-refractivity contribution in [2.24, 2.45) is 0 Å². The van der Waals surface area contributed by atoms with Gasteiger partial charge in [-0.3, -0.25) is 9.36 Å². The van der Waals surface area contributed by atoms with Gasteiger partial charge in [-0.25, -0.2) is 4.98 Å². The van der Waals surface area contributed by atoms with Gasteiger partial charge in [0.15, 0.2) is 5.16 Å². The molecule has 122 valence electrons. The van der Waals surface area contributed by atoms with Gasteiger partial charge in [-0.2, -0.15) is 0 Å². The molecule has 0 unspecified atom stereocenters. The Morgan fingerprint density at radius 1 is 1.17 bits per heavy atom. The summed E-state index contributed by atoms with van der Waals surface area (Å²) in [6.45, 7) is 0. The largest absolute Gasteiger partial charge is 0.496 e. The Morgan fingerprint density at radius 3 is 2.71 bits per heavy atom. The predicted octanol–water partition coefficient (Wildman–Crippen LogP) is 4.03. The number of para-hydroxylation sites is 2. The minimum Gasteiger partial charge on any atom is -0.496 e. The molecule has 0 radical (unpaired) electrons. The van der Waals surface area contributed by atoms with E-state index in [9.17, 15) is 4.79 Å². The number of ether oxygens (including phenoxy) is 1. The van der Waals surface area contributed by atoms with Gasteiger partial charge in [-0.1, -0.05) is 42.1 Å². The number of rotatable bonds is 5. The molecule has 1 aliphatic rings. The summed E-state index contributed by atoms with van der Waals surface area (Å²) in [7, 11) is 1.68. The lowest BCUT2D eigenvalue weighted by Crippen LogP contribution is -2.22. The Bertz CT molecular complexity index is 947. The van der Waals surface area contributed by atoms with Crippen LogP contribution in [0.1, 0.15) is 24.4 Å². The van der Waals surface area contributed by atoms with Gasteiger partial charge in [0.25, 0.3) is 5.56 Å². The van der Waals surface area contributed by atoms with Crippen LogP contribution in [0.15, 0.2) is 58.5 Å². The smallest absolute Gasteiger partial charge is 0.262 e. The van der Waals surface area contributed by atoms with Crippen molar-refractivity contribution in [1.29, 1.82) is 0 Å². The molecule has 0 aliphatic heterocycles. The molecule has 0 N–H and O–H groups in total. The Labute approximate surface area is 144 Å². The molecule has 1 fully saturated rings. The lowest BCUT2D eigenvalue weighted by Gasteiger charge is -2.13. The van der Waals surface area contributed by atoms with Crippen LogP contribution in [0.4, 0.5) is 0 Å². The summed E-state index contributed by atoms with van der Waals surface area (Å²) < 4.78 is 7.29. The van der Waals surface area contributed by atoms with E-state index in [1.165, 1.54) is 0 Å². The molecule has 4 nitrogen and oxygen atoms in total. The molecule has 3 aromatic rings. The number of aromatic nitrogens is 2. The first kappa shape index (κ1) is 15.3. The maximum Gasteiger partial charge on any atom is 0.262 e. The number of hydrogen-bond acceptors (Lipinski definition) is 4. The van der Waals surface area contributed by atoms with Crippen LogP contribution in [-0.2, 0) is 5.75 Å². The van der Waals surface area contributed by atoms with Crippen molar-refractivity contribution in [2.45, 2.75) is 29.8 Å². The summed E-state index contributed by atoms with van der Waals surface area (Å²) in [5, 5.41) is 1.50. The van der Waals surface area contributed by atoms with E-state index in [0.717, 1.165) is 40.6 Å². The zero-order valence-electron chi connectivity index (χ0n) is 13.4. The molecule has 1 saturated carbocycles. The van der Waals surface area contributed by atoms with Gasteiger partial charge < -0.3 is 4.74 Å². The van der Waals surface area contributed by atoms with Crippen molar-refractivity contribution in [3.05, 3.63) is 64.4 Å². The number of benzene rings is 2. The van der Waals surface area contributed by atoms with Crippen molar-refractivity contribution in [1.82, 2.24) is 9.55 Å². The summed E-state index contributed by atoms with van der Waals surface area (Å²) in [6, 6.07) is 15.8. The third-order valence-corrected chi connectivity index (χ3v) is 5.24. The van der Waals surface area contributed by atoms with Gasteiger partial charge >= 0.3 is 0 Å². The van der Waals surface area contributed by atoms with E-state index in [1.807, 2.05) is 53.1 Å². The van der Waals surface area contributed by atoms with Crippen molar-refractivity contribution in [3.8, 4) is 5.75 Å². The standard InChI is InChI=1S/C19H18N2O2S/c1-23-17-9-5-2-6-13(17)12-24-19-20-16-8-4-3-7-15(16)18(22)21(19)14-10-11-14/h2-9,14H,10-12H2,1H3. The molecule has 2 aromatic carbocycles. The molecule has 24 heavy (non-hydrogen) atoms. The molecule has 0 spiro atoms. The molecule has 0 saturated heterocycles. The van der Waals surface area contributed by atoms with Crippen molar-refractivity contribution < 1.29 is 4.74 Å². The molecule has 0 atom stereocenters.